The minimum absolute atomic E-state index is 0.0104. The van der Waals surface area contributed by atoms with Gasteiger partial charge in [-0.1, -0.05) is 0 Å². The Balaban J connectivity index is 2.38. The highest BCUT2D eigenvalue weighted by Crippen LogP contribution is 2.34. The van der Waals surface area contributed by atoms with Gasteiger partial charge in [0.15, 0.2) is 0 Å². The lowest BCUT2D eigenvalue weighted by Gasteiger charge is -2.25. The molecular weight excluding hydrogens is 224 g/mol. The molecule has 1 aromatic carbocycles. The molecule has 18 heavy (non-hydrogen) atoms. The molecule has 0 saturated carbocycles. The molecule has 0 unspecified atom stereocenters. The molecule has 1 fully saturated rings. The van der Waals surface area contributed by atoms with E-state index in [1.54, 1.807) is 0 Å². The third kappa shape index (κ3) is 2.96. The van der Waals surface area contributed by atoms with Crippen molar-refractivity contribution in [1.82, 2.24) is 5.32 Å². The summed E-state index contributed by atoms with van der Waals surface area (Å²) in [4.78, 5) is 0. The summed E-state index contributed by atoms with van der Waals surface area (Å²) in [7, 11) is 0. The van der Waals surface area contributed by atoms with Gasteiger partial charge in [0.25, 0.3) is 0 Å². The van der Waals surface area contributed by atoms with Crippen molar-refractivity contribution >= 4 is 5.69 Å². The summed E-state index contributed by atoms with van der Waals surface area (Å²) in [5, 5.41) is 2.42. The van der Waals surface area contributed by atoms with Gasteiger partial charge in [-0.15, -0.1) is 0 Å². The summed E-state index contributed by atoms with van der Waals surface area (Å²) in [5.41, 5.74) is 8.38. The predicted octanol–water partition coefficient (Wildman–Crippen LogP) is 2.83. The van der Waals surface area contributed by atoms with E-state index in [0.29, 0.717) is 11.4 Å². The van der Waals surface area contributed by atoms with Crippen LogP contribution in [0.25, 0.3) is 0 Å². The molecule has 0 spiro atoms. The first-order valence-electron chi connectivity index (χ1n) is 8.35. The van der Waals surface area contributed by atoms with E-state index in [4.69, 9.17) is 16.0 Å². The van der Waals surface area contributed by atoms with Crippen molar-refractivity contribution in [3.8, 4) is 5.75 Å². The number of benzene rings is 1. The summed E-state index contributed by atoms with van der Waals surface area (Å²) >= 11 is 0. The fourth-order valence-corrected chi connectivity index (χ4v) is 2.22. The lowest BCUT2D eigenvalue weighted by Crippen LogP contribution is -2.27. The van der Waals surface area contributed by atoms with Crippen LogP contribution >= 0.6 is 0 Å². The number of aryl methyl sites for hydroxylation is 1. The fraction of sp³-hybridized carbons (Fsp3) is 0.600. The zero-order valence-electron chi connectivity index (χ0n) is 15.2. The third-order valence-corrected chi connectivity index (χ3v) is 3.07. The summed E-state index contributed by atoms with van der Waals surface area (Å²) < 4.78 is 37.3. The molecule has 3 heteroatoms. The van der Waals surface area contributed by atoms with Crippen LogP contribution in [-0.4, -0.2) is 19.1 Å². The molecule has 1 saturated heterocycles. The molecule has 0 atom stereocenters. The highest BCUT2D eigenvalue weighted by molar-refractivity contribution is 5.57. The van der Waals surface area contributed by atoms with Crippen LogP contribution in [0.15, 0.2) is 12.1 Å². The zero-order valence-corrected chi connectivity index (χ0v) is 11.2. The van der Waals surface area contributed by atoms with Gasteiger partial charge in [-0.05, 0) is 75.8 Å². The Morgan fingerprint density at radius 2 is 2.06 bits per heavy atom. The molecule has 1 aliphatic heterocycles. The van der Waals surface area contributed by atoms with E-state index in [9.17, 15) is 0 Å². The molecule has 1 aliphatic rings. The molecule has 1 aromatic rings. The van der Waals surface area contributed by atoms with Gasteiger partial charge in [0.1, 0.15) is 5.75 Å². The molecule has 0 aliphatic carbocycles. The molecule has 0 radical (unpaired) electrons. The van der Waals surface area contributed by atoms with Gasteiger partial charge in [0.05, 0.1) is 11.8 Å². The molecule has 2 rings (SSSR count). The molecule has 100 valence electrons. The highest BCUT2D eigenvalue weighted by atomic mass is 16.5. The van der Waals surface area contributed by atoms with Crippen LogP contribution in [0, 0.1) is 6.92 Å². The molecule has 1 heterocycles. The van der Waals surface area contributed by atoms with Crippen LogP contribution in [0.2, 0.25) is 0 Å². The number of rotatable bonds is 3. The molecule has 0 amide bonds. The highest BCUT2D eigenvalue weighted by Gasteiger charge is 2.19. The Labute approximate surface area is 115 Å². The average molecular weight is 252 g/mol. The van der Waals surface area contributed by atoms with E-state index >= 15 is 0 Å². The second-order valence-electron chi connectivity index (χ2n) is 5.00. The van der Waals surface area contributed by atoms with E-state index in [1.165, 1.54) is 0 Å². The Morgan fingerprint density at radius 1 is 1.39 bits per heavy atom. The Hall–Kier alpha value is -1.22. The average Bonchev–Trinajstić information content (AvgIpc) is 2.27. The third-order valence-electron chi connectivity index (χ3n) is 3.07. The van der Waals surface area contributed by atoms with Crippen LogP contribution in [0.4, 0.5) is 5.69 Å². The number of nitrogens with two attached hydrogens (primary N) is 1. The van der Waals surface area contributed by atoms with E-state index in [2.05, 4.69) is 5.32 Å². The fourth-order valence-electron chi connectivity index (χ4n) is 2.22. The topological polar surface area (TPSA) is 47.3 Å². The SMILES string of the molecule is [2H]C1([2H])CC(c2cc(OC(C)C)c(N)cc2C)CC([2H])([2H])N1. The standard InChI is InChI=1S/C15H24N2O/c1-10(2)18-15-9-13(11(3)8-14(15)16)12-4-6-17-7-5-12/h8-10,12,17H,4-7,16H2,1-3H3/i6D2,7D2. The first kappa shape index (κ1) is 8.81. The maximum absolute atomic E-state index is 7.90. The number of piperidine rings is 1. The molecule has 3 nitrogen and oxygen atoms in total. The predicted molar refractivity (Wildman–Crippen MR) is 76.2 cm³/mol. The second-order valence-corrected chi connectivity index (χ2v) is 5.00. The Bertz CT molecular complexity index is 545. The summed E-state index contributed by atoms with van der Waals surface area (Å²) in [6.45, 7) is 2.28. The number of hydrogen-bond donors (Lipinski definition) is 2. The van der Waals surface area contributed by atoms with E-state index < -0.39 is 13.0 Å². The van der Waals surface area contributed by atoms with Crippen LogP contribution in [-0.2, 0) is 0 Å². The van der Waals surface area contributed by atoms with E-state index in [0.717, 1.165) is 11.1 Å². The number of anilines is 1. The van der Waals surface area contributed by atoms with E-state index in [-0.39, 0.29) is 24.9 Å². The van der Waals surface area contributed by atoms with Crippen LogP contribution < -0.4 is 15.8 Å². The van der Waals surface area contributed by atoms with E-state index in [1.807, 2.05) is 32.9 Å². The monoisotopic (exact) mass is 252 g/mol. The number of nitrogen functional groups attached to an aromatic ring is 1. The zero-order chi connectivity index (χ0) is 16.7. The number of nitrogens with one attached hydrogen (secondary N) is 1. The summed E-state index contributed by atoms with van der Waals surface area (Å²) in [6.07, 6.45) is 0.431. The van der Waals surface area contributed by atoms with Gasteiger partial charge in [0.2, 0.25) is 0 Å². The van der Waals surface area contributed by atoms with Crippen LogP contribution in [0.5, 0.6) is 5.75 Å². The van der Waals surface area contributed by atoms with Crippen molar-refractivity contribution in [3.05, 3.63) is 23.3 Å². The number of ether oxygens (including phenoxy) is 1. The second kappa shape index (κ2) is 5.61. The minimum Gasteiger partial charge on any atom is -0.489 e. The smallest absolute Gasteiger partial charge is 0.142 e. The van der Waals surface area contributed by atoms with Gasteiger partial charge in [-0.3, -0.25) is 0 Å². The van der Waals surface area contributed by atoms with Crippen LogP contribution in [0.1, 0.15) is 49.2 Å². The van der Waals surface area contributed by atoms with Crippen molar-refractivity contribution in [3.63, 3.8) is 0 Å². The molecule has 0 bridgehead atoms. The number of hydrogen-bond acceptors (Lipinski definition) is 3. The molecule has 3 N–H and O–H groups in total. The van der Waals surface area contributed by atoms with Gasteiger partial charge in [-0.2, -0.15) is 0 Å². The van der Waals surface area contributed by atoms with Crippen LogP contribution in [0.3, 0.4) is 0 Å². The van der Waals surface area contributed by atoms with Gasteiger partial charge in [-0.25, -0.2) is 0 Å². The first-order chi connectivity index (χ1) is 9.99. The van der Waals surface area contributed by atoms with Crippen molar-refractivity contribution in [1.29, 1.82) is 0 Å². The summed E-state index contributed by atoms with van der Waals surface area (Å²) in [5.74, 6) is 0.358. The molecule has 0 aromatic heterocycles. The normalized spacial score (nSPS) is 26.0. The van der Waals surface area contributed by atoms with Gasteiger partial charge in [0, 0.05) is 5.48 Å². The van der Waals surface area contributed by atoms with Crippen molar-refractivity contribution in [2.45, 2.75) is 45.6 Å². The lowest BCUT2D eigenvalue weighted by molar-refractivity contribution is 0.243. The van der Waals surface area contributed by atoms with Crippen molar-refractivity contribution in [2.75, 3.05) is 18.7 Å². The van der Waals surface area contributed by atoms with Crippen molar-refractivity contribution in [2.24, 2.45) is 0 Å². The minimum atomic E-state index is -1.74. The first-order valence-corrected chi connectivity index (χ1v) is 6.35. The van der Waals surface area contributed by atoms with Crippen molar-refractivity contribution < 1.29 is 10.2 Å². The molecular formula is C15H24N2O. The maximum Gasteiger partial charge on any atom is 0.142 e. The maximum atomic E-state index is 7.90. The Morgan fingerprint density at radius 3 is 2.67 bits per heavy atom. The van der Waals surface area contributed by atoms with Gasteiger partial charge < -0.3 is 15.8 Å². The quantitative estimate of drug-likeness (QED) is 0.813. The summed E-state index contributed by atoms with van der Waals surface area (Å²) in [6, 6.07) is 3.66. The lowest BCUT2D eigenvalue weighted by atomic mass is 9.87. The largest absolute Gasteiger partial charge is 0.489 e. The van der Waals surface area contributed by atoms with Gasteiger partial charge >= 0.3 is 0 Å². The Kier molecular flexibility index (Phi) is 2.75.